The largest absolute Gasteiger partial charge is 0.359 e. The summed E-state index contributed by atoms with van der Waals surface area (Å²) in [6.07, 6.45) is 0. The molecule has 0 saturated heterocycles. The first kappa shape index (κ1) is 10.6. The molecule has 0 atom stereocenters. The minimum Gasteiger partial charge on any atom is -0.359 e. The summed E-state index contributed by atoms with van der Waals surface area (Å²) in [6.45, 7) is 1.87. The Bertz CT molecular complexity index is 500. The van der Waals surface area contributed by atoms with E-state index in [1.807, 2.05) is 12.1 Å². The number of aromatic nitrogens is 1. The molecule has 2 aromatic rings. The first-order chi connectivity index (χ1) is 7.70. The highest BCUT2D eigenvalue weighted by Gasteiger charge is 2.06. The normalized spacial score (nSPS) is 10.4. The van der Waals surface area contributed by atoms with Gasteiger partial charge in [0.2, 0.25) is 0 Å². The molecule has 0 aliphatic carbocycles. The third-order valence-electron chi connectivity index (χ3n) is 2.35. The maximum Gasteiger partial charge on any atom is 0.159 e. The van der Waals surface area contributed by atoms with Gasteiger partial charge >= 0.3 is 0 Å². The number of nitrogens with zero attached hydrogens (tertiary/aromatic N) is 1. The average molecular weight is 216 g/mol. The standard InChI is InChI=1S/C12H12N2O2/c1-8(15)9-2-4-10(5-3-9)12-6-11(7-13)16-14-12/h2-6H,7,13H2,1H3. The molecule has 4 heteroatoms. The van der Waals surface area contributed by atoms with Crippen molar-refractivity contribution in [1.82, 2.24) is 5.16 Å². The molecule has 1 aromatic heterocycles. The van der Waals surface area contributed by atoms with E-state index in [0.717, 1.165) is 11.3 Å². The van der Waals surface area contributed by atoms with Crippen molar-refractivity contribution in [3.8, 4) is 11.3 Å². The Balaban J connectivity index is 2.30. The number of nitrogens with two attached hydrogens (primary N) is 1. The predicted molar refractivity (Wildman–Crippen MR) is 59.8 cm³/mol. The van der Waals surface area contributed by atoms with E-state index < -0.39 is 0 Å². The van der Waals surface area contributed by atoms with Crippen LogP contribution in [0, 0.1) is 0 Å². The van der Waals surface area contributed by atoms with E-state index in [9.17, 15) is 4.79 Å². The minimum atomic E-state index is 0.0503. The van der Waals surface area contributed by atoms with Gasteiger partial charge in [-0.1, -0.05) is 29.4 Å². The van der Waals surface area contributed by atoms with Gasteiger partial charge in [-0.25, -0.2) is 0 Å². The number of carbonyl (C=O) groups is 1. The molecule has 0 aliphatic heterocycles. The van der Waals surface area contributed by atoms with Gasteiger partial charge in [-0.3, -0.25) is 4.79 Å². The van der Waals surface area contributed by atoms with Crippen molar-refractivity contribution in [2.45, 2.75) is 13.5 Å². The molecule has 0 amide bonds. The van der Waals surface area contributed by atoms with Gasteiger partial charge < -0.3 is 10.3 Å². The van der Waals surface area contributed by atoms with Crippen LogP contribution in [0.3, 0.4) is 0 Å². The molecule has 0 spiro atoms. The molecule has 0 radical (unpaired) electrons. The fourth-order valence-electron chi connectivity index (χ4n) is 1.42. The summed E-state index contributed by atoms with van der Waals surface area (Å²) in [5, 5.41) is 3.89. The SMILES string of the molecule is CC(=O)c1ccc(-c2cc(CN)on2)cc1. The van der Waals surface area contributed by atoms with Crippen molar-refractivity contribution in [3.63, 3.8) is 0 Å². The van der Waals surface area contributed by atoms with Crippen LogP contribution in [0.2, 0.25) is 0 Å². The van der Waals surface area contributed by atoms with E-state index in [1.165, 1.54) is 6.92 Å². The molecule has 0 saturated carbocycles. The number of carbonyl (C=O) groups excluding carboxylic acids is 1. The van der Waals surface area contributed by atoms with Gasteiger partial charge in [-0.2, -0.15) is 0 Å². The molecule has 16 heavy (non-hydrogen) atoms. The second-order valence-electron chi connectivity index (χ2n) is 3.52. The van der Waals surface area contributed by atoms with Gasteiger partial charge in [-0.15, -0.1) is 0 Å². The van der Waals surface area contributed by atoms with Crippen LogP contribution in [0.1, 0.15) is 23.0 Å². The first-order valence-electron chi connectivity index (χ1n) is 4.97. The summed E-state index contributed by atoms with van der Waals surface area (Å²) in [6, 6.07) is 9.02. The zero-order valence-corrected chi connectivity index (χ0v) is 8.93. The lowest BCUT2D eigenvalue weighted by molar-refractivity contribution is 0.101. The number of hydrogen-bond acceptors (Lipinski definition) is 4. The molecule has 2 N–H and O–H groups in total. The van der Waals surface area contributed by atoms with Crippen LogP contribution >= 0.6 is 0 Å². The van der Waals surface area contributed by atoms with Gasteiger partial charge in [0, 0.05) is 17.2 Å². The van der Waals surface area contributed by atoms with Gasteiger partial charge in [-0.05, 0) is 6.92 Å². The van der Waals surface area contributed by atoms with Gasteiger partial charge in [0.1, 0.15) is 5.69 Å². The van der Waals surface area contributed by atoms with E-state index in [-0.39, 0.29) is 5.78 Å². The van der Waals surface area contributed by atoms with Crippen molar-refractivity contribution >= 4 is 5.78 Å². The molecular formula is C12H12N2O2. The van der Waals surface area contributed by atoms with Crippen molar-refractivity contribution < 1.29 is 9.32 Å². The fraction of sp³-hybridized carbons (Fsp3) is 0.167. The molecule has 0 fully saturated rings. The van der Waals surface area contributed by atoms with E-state index in [4.69, 9.17) is 10.3 Å². The zero-order chi connectivity index (χ0) is 11.5. The molecule has 1 heterocycles. The lowest BCUT2D eigenvalue weighted by Gasteiger charge is -1.97. The second-order valence-corrected chi connectivity index (χ2v) is 3.52. The highest BCUT2D eigenvalue weighted by Crippen LogP contribution is 2.19. The average Bonchev–Trinajstić information content (AvgIpc) is 2.77. The third kappa shape index (κ3) is 2.01. The Kier molecular flexibility index (Phi) is 2.83. The van der Waals surface area contributed by atoms with Crippen molar-refractivity contribution in [2.75, 3.05) is 0 Å². The number of ketones is 1. The summed E-state index contributed by atoms with van der Waals surface area (Å²) in [5.41, 5.74) is 7.76. The van der Waals surface area contributed by atoms with Crippen molar-refractivity contribution in [1.29, 1.82) is 0 Å². The Morgan fingerprint density at radius 1 is 1.38 bits per heavy atom. The van der Waals surface area contributed by atoms with Crippen LogP contribution in [-0.4, -0.2) is 10.9 Å². The highest BCUT2D eigenvalue weighted by molar-refractivity contribution is 5.94. The summed E-state index contributed by atoms with van der Waals surface area (Å²) < 4.78 is 5.00. The molecule has 0 bridgehead atoms. The van der Waals surface area contributed by atoms with Crippen LogP contribution in [0.25, 0.3) is 11.3 Å². The fourth-order valence-corrected chi connectivity index (χ4v) is 1.42. The number of Topliss-reactive ketones (excluding diaryl/α,β-unsaturated/α-hetero) is 1. The number of hydrogen-bond donors (Lipinski definition) is 1. The Morgan fingerprint density at radius 2 is 2.06 bits per heavy atom. The molecule has 2 rings (SSSR count). The minimum absolute atomic E-state index is 0.0503. The highest BCUT2D eigenvalue weighted by atomic mass is 16.5. The predicted octanol–water partition coefficient (Wildman–Crippen LogP) is 2.00. The lowest BCUT2D eigenvalue weighted by Crippen LogP contribution is -1.92. The zero-order valence-electron chi connectivity index (χ0n) is 8.93. The van der Waals surface area contributed by atoms with Crippen LogP contribution in [0.5, 0.6) is 0 Å². The second kappa shape index (κ2) is 4.28. The molecule has 0 aliphatic rings. The molecule has 1 aromatic carbocycles. The molecular weight excluding hydrogens is 204 g/mol. The number of benzene rings is 1. The van der Waals surface area contributed by atoms with E-state index in [2.05, 4.69) is 5.16 Å². The van der Waals surface area contributed by atoms with Crippen molar-refractivity contribution in [2.24, 2.45) is 5.73 Å². The molecule has 0 unspecified atom stereocenters. The maximum absolute atomic E-state index is 11.1. The topological polar surface area (TPSA) is 69.1 Å². The Hall–Kier alpha value is -1.94. The summed E-state index contributed by atoms with van der Waals surface area (Å²) in [7, 11) is 0. The van der Waals surface area contributed by atoms with Gasteiger partial charge in [0.15, 0.2) is 11.5 Å². The van der Waals surface area contributed by atoms with E-state index >= 15 is 0 Å². The van der Waals surface area contributed by atoms with Crippen LogP contribution in [0.15, 0.2) is 34.9 Å². The summed E-state index contributed by atoms with van der Waals surface area (Å²) in [4.78, 5) is 11.1. The number of rotatable bonds is 3. The summed E-state index contributed by atoms with van der Waals surface area (Å²) in [5.74, 6) is 0.694. The Morgan fingerprint density at radius 3 is 2.56 bits per heavy atom. The van der Waals surface area contributed by atoms with Gasteiger partial charge in [0.25, 0.3) is 0 Å². The smallest absolute Gasteiger partial charge is 0.159 e. The van der Waals surface area contributed by atoms with Gasteiger partial charge in [0.05, 0.1) is 6.54 Å². The maximum atomic E-state index is 11.1. The van der Waals surface area contributed by atoms with E-state index in [1.54, 1.807) is 18.2 Å². The quantitative estimate of drug-likeness (QED) is 0.797. The van der Waals surface area contributed by atoms with Crippen LogP contribution < -0.4 is 5.73 Å². The van der Waals surface area contributed by atoms with Crippen LogP contribution in [-0.2, 0) is 6.54 Å². The van der Waals surface area contributed by atoms with E-state index in [0.29, 0.717) is 17.9 Å². The lowest BCUT2D eigenvalue weighted by atomic mass is 10.1. The van der Waals surface area contributed by atoms with Crippen molar-refractivity contribution in [3.05, 3.63) is 41.7 Å². The Labute approximate surface area is 93.1 Å². The van der Waals surface area contributed by atoms with Crippen LogP contribution in [0.4, 0.5) is 0 Å². The third-order valence-corrected chi connectivity index (χ3v) is 2.35. The molecule has 82 valence electrons. The first-order valence-corrected chi connectivity index (χ1v) is 4.97. The summed E-state index contributed by atoms with van der Waals surface area (Å²) >= 11 is 0. The monoisotopic (exact) mass is 216 g/mol. The molecule has 4 nitrogen and oxygen atoms in total.